The average Bonchev–Trinajstić information content (AvgIpc) is 2.82. The zero-order valence-electron chi connectivity index (χ0n) is 11.7. The molecule has 0 aromatic heterocycles. The van der Waals surface area contributed by atoms with Crippen molar-refractivity contribution in [3.63, 3.8) is 0 Å². The van der Waals surface area contributed by atoms with E-state index in [1.54, 1.807) is 0 Å². The third-order valence-electron chi connectivity index (χ3n) is 3.28. The van der Waals surface area contributed by atoms with Crippen LogP contribution in [0.1, 0.15) is 19.4 Å². The standard InChI is InChI=1S/C15H19NO3S/c1-11(2)13-10-20-15(18)16(13)14(17)9-19-8-12-6-4-3-5-7-12/h3-7,11,13H,8-10H2,1-2H3/t13-/m1/s1. The van der Waals surface area contributed by atoms with Crippen molar-refractivity contribution in [3.8, 4) is 0 Å². The monoisotopic (exact) mass is 293 g/mol. The SMILES string of the molecule is CC(C)[C@H]1CSC(=O)N1C(=O)COCc1ccccc1. The van der Waals surface area contributed by atoms with Gasteiger partial charge in [0.15, 0.2) is 0 Å². The van der Waals surface area contributed by atoms with E-state index in [1.165, 1.54) is 16.7 Å². The van der Waals surface area contributed by atoms with Crippen molar-refractivity contribution in [2.24, 2.45) is 5.92 Å². The number of carbonyl (C=O) groups excluding carboxylic acids is 2. The fourth-order valence-electron chi connectivity index (χ4n) is 2.11. The summed E-state index contributed by atoms with van der Waals surface area (Å²) in [5.74, 6) is 0.711. The number of nitrogens with zero attached hydrogens (tertiary/aromatic N) is 1. The molecule has 0 bridgehead atoms. The Kier molecular flexibility index (Phi) is 5.20. The lowest BCUT2D eigenvalue weighted by atomic mass is 10.1. The molecule has 1 aliphatic heterocycles. The second kappa shape index (κ2) is 6.90. The van der Waals surface area contributed by atoms with Crippen LogP contribution in [0.4, 0.5) is 4.79 Å². The summed E-state index contributed by atoms with van der Waals surface area (Å²) in [4.78, 5) is 25.3. The first-order chi connectivity index (χ1) is 9.59. The Morgan fingerprint density at radius 3 is 2.75 bits per heavy atom. The van der Waals surface area contributed by atoms with Crippen LogP contribution in [0.15, 0.2) is 30.3 Å². The van der Waals surface area contributed by atoms with Gasteiger partial charge in [0.25, 0.3) is 11.1 Å². The lowest BCUT2D eigenvalue weighted by molar-refractivity contribution is -0.134. The highest BCUT2D eigenvalue weighted by molar-refractivity contribution is 8.14. The lowest BCUT2D eigenvalue weighted by Crippen LogP contribution is -2.43. The van der Waals surface area contributed by atoms with Crippen LogP contribution in [0.5, 0.6) is 0 Å². The minimum Gasteiger partial charge on any atom is -0.367 e. The highest BCUT2D eigenvalue weighted by Gasteiger charge is 2.38. The average molecular weight is 293 g/mol. The normalized spacial score (nSPS) is 18.9. The molecule has 4 nitrogen and oxygen atoms in total. The van der Waals surface area contributed by atoms with Gasteiger partial charge < -0.3 is 4.74 Å². The van der Waals surface area contributed by atoms with Gasteiger partial charge in [-0.1, -0.05) is 55.9 Å². The van der Waals surface area contributed by atoms with Crippen molar-refractivity contribution >= 4 is 22.9 Å². The molecule has 1 heterocycles. The van der Waals surface area contributed by atoms with E-state index in [0.29, 0.717) is 12.4 Å². The van der Waals surface area contributed by atoms with Gasteiger partial charge in [-0.15, -0.1) is 0 Å². The zero-order chi connectivity index (χ0) is 14.5. The van der Waals surface area contributed by atoms with Crippen molar-refractivity contribution < 1.29 is 14.3 Å². The van der Waals surface area contributed by atoms with Crippen LogP contribution in [0.2, 0.25) is 0 Å². The van der Waals surface area contributed by atoms with Crippen LogP contribution < -0.4 is 0 Å². The Hall–Kier alpha value is -1.33. The molecule has 1 fully saturated rings. The maximum Gasteiger partial charge on any atom is 0.288 e. The Labute approximate surface area is 123 Å². The summed E-state index contributed by atoms with van der Waals surface area (Å²) in [5.41, 5.74) is 1.02. The molecule has 0 spiro atoms. The van der Waals surface area contributed by atoms with E-state index in [9.17, 15) is 9.59 Å². The maximum atomic E-state index is 12.1. The molecule has 1 aromatic rings. The van der Waals surface area contributed by atoms with Gasteiger partial charge in [-0.25, -0.2) is 0 Å². The van der Waals surface area contributed by atoms with Gasteiger partial charge in [0.1, 0.15) is 6.61 Å². The summed E-state index contributed by atoms with van der Waals surface area (Å²) in [6, 6.07) is 9.66. The summed E-state index contributed by atoms with van der Waals surface area (Å²) in [6.07, 6.45) is 0. The Morgan fingerprint density at radius 2 is 2.10 bits per heavy atom. The zero-order valence-corrected chi connectivity index (χ0v) is 12.6. The van der Waals surface area contributed by atoms with Gasteiger partial charge in [0.05, 0.1) is 12.6 Å². The molecular weight excluding hydrogens is 274 g/mol. The molecule has 1 aromatic carbocycles. The fourth-order valence-corrected chi connectivity index (χ4v) is 3.34. The topological polar surface area (TPSA) is 46.6 Å². The quantitative estimate of drug-likeness (QED) is 0.837. The fraction of sp³-hybridized carbons (Fsp3) is 0.467. The molecule has 0 unspecified atom stereocenters. The molecule has 2 amide bonds. The van der Waals surface area contributed by atoms with Crippen LogP contribution in [0.3, 0.4) is 0 Å². The van der Waals surface area contributed by atoms with Gasteiger partial charge in [-0.05, 0) is 11.5 Å². The summed E-state index contributed by atoms with van der Waals surface area (Å²) in [6.45, 7) is 4.38. The second-order valence-electron chi connectivity index (χ2n) is 5.13. The highest BCUT2D eigenvalue weighted by Crippen LogP contribution is 2.28. The second-order valence-corrected chi connectivity index (χ2v) is 6.10. The first-order valence-electron chi connectivity index (χ1n) is 6.70. The first kappa shape index (κ1) is 15.1. The Morgan fingerprint density at radius 1 is 1.40 bits per heavy atom. The van der Waals surface area contributed by atoms with Crippen molar-refractivity contribution in [1.82, 2.24) is 4.90 Å². The summed E-state index contributed by atoms with van der Waals surface area (Å²) in [5, 5.41) is -0.156. The number of hydrogen-bond donors (Lipinski definition) is 0. The van der Waals surface area contributed by atoms with E-state index >= 15 is 0 Å². The van der Waals surface area contributed by atoms with E-state index in [2.05, 4.69) is 0 Å². The molecule has 0 aliphatic carbocycles. The van der Waals surface area contributed by atoms with Crippen molar-refractivity contribution in [3.05, 3.63) is 35.9 Å². The van der Waals surface area contributed by atoms with E-state index in [-0.39, 0.29) is 29.7 Å². The van der Waals surface area contributed by atoms with E-state index in [0.717, 1.165) is 5.56 Å². The van der Waals surface area contributed by atoms with Gasteiger partial charge in [0, 0.05) is 5.75 Å². The lowest BCUT2D eigenvalue weighted by Gasteiger charge is -2.24. The number of benzene rings is 1. The van der Waals surface area contributed by atoms with Crippen LogP contribution in [-0.4, -0.2) is 34.4 Å². The molecule has 1 aliphatic rings. The van der Waals surface area contributed by atoms with Crippen LogP contribution in [-0.2, 0) is 16.1 Å². The summed E-state index contributed by atoms with van der Waals surface area (Å²) >= 11 is 1.21. The van der Waals surface area contributed by atoms with Crippen molar-refractivity contribution in [1.29, 1.82) is 0 Å². The molecule has 108 valence electrons. The first-order valence-corrected chi connectivity index (χ1v) is 7.68. The minimum atomic E-state index is -0.241. The Balaban J connectivity index is 1.86. The molecule has 0 N–H and O–H groups in total. The minimum absolute atomic E-state index is 0.0136. The van der Waals surface area contributed by atoms with E-state index < -0.39 is 0 Å². The molecule has 5 heteroatoms. The number of ether oxygens (including phenoxy) is 1. The number of amides is 2. The van der Waals surface area contributed by atoms with Gasteiger partial charge in [-0.2, -0.15) is 0 Å². The molecule has 0 saturated carbocycles. The predicted octanol–water partition coefficient (Wildman–Crippen LogP) is 2.92. The largest absolute Gasteiger partial charge is 0.367 e. The van der Waals surface area contributed by atoms with Gasteiger partial charge >= 0.3 is 0 Å². The smallest absolute Gasteiger partial charge is 0.288 e. The number of thioether (sulfide) groups is 1. The third kappa shape index (κ3) is 3.61. The maximum absolute atomic E-state index is 12.1. The van der Waals surface area contributed by atoms with Crippen LogP contribution >= 0.6 is 11.8 Å². The summed E-state index contributed by atoms with van der Waals surface area (Å²) < 4.78 is 5.42. The molecule has 1 atom stereocenters. The number of carbonyl (C=O) groups is 2. The molecular formula is C15H19NO3S. The highest BCUT2D eigenvalue weighted by atomic mass is 32.2. The Bertz CT molecular complexity index is 475. The number of rotatable bonds is 5. The van der Waals surface area contributed by atoms with Crippen LogP contribution in [0, 0.1) is 5.92 Å². The van der Waals surface area contributed by atoms with E-state index in [4.69, 9.17) is 4.74 Å². The molecule has 20 heavy (non-hydrogen) atoms. The summed E-state index contributed by atoms with van der Waals surface area (Å²) in [7, 11) is 0. The van der Waals surface area contributed by atoms with Crippen LogP contribution in [0.25, 0.3) is 0 Å². The van der Waals surface area contributed by atoms with Crippen molar-refractivity contribution in [2.75, 3.05) is 12.4 Å². The third-order valence-corrected chi connectivity index (χ3v) is 4.23. The molecule has 1 saturated heterocycles. The number of imide groups is 1. The van der Waals surface area contributed by atoms with Gasteiger partial charge in [-0.3, -0.25) is 14.5 Å². The number of hydrogen-bond acceptors (Lipinski definition) is 4. The van der Waals surface area contributed by atoms with Gasteiger partial charge in [0.2, 0.25) is 0 Å². The predicted molar refractivity (Wildman–Crippen MR) is 79.4 cm³/mol. The van der Waals surface area contributed by atoms with Crippen molar-refractivity contribution in [2.45, 2.75) is 26.5 Å². The van der Waals surface area contributed by atoms with E-state index in [1.807, 2.05) is 44.2 Å². The molecule has 0 radical (unpaired) electrons. The molecule has 2 rings (SSSR count).